The van der Waals surface area contributed by atoms with Crippen LogP contribution >= 0.6 is 0 Å². The molecule has 4 nitrogen and oxygen atoms in total. The lowest BCUT2D eigenvalue weighted by Gasteiger charge is -1.80. The number of hydrogen-bond acceptors (Lipinski definition) is 3. The molecule has 1 rings (SSSR count). The third-order valence-corrected chi connectivity index (χ3v) is 1.12. The van der Waals surface area contributed by atoms with E-state index in [0.717, 1.165) is 12.0 Å². The van der Waals surface area contributed by atoms with Crippen LogP contribution in [0.15, 0.2) is 22.7 Å². The van der Waals surface area contributed by atoms with Gasteiger partial charge < -0.3 is 4.42 Å². The maximum absolute atomic E-state index is 9.86. The zero-order chi connectivity index (χ0) is 8.27. The van der Waals surface area contributed by atoms with Crippen LogP contribution in [0.2, 0.25) is 0 Å². The molecule has 58 valence electrons. The quantitative estimate of drug-likeness (QED) is 0.481. The number of aryl methyl sites for hydroxylation is 1. The lowest BCUT2D eigenvalue weighted by molar-refractivity contribution is -0.401. The molecule has 0 aliphatic carbocycles. The lowest BCUT2D eigenvalue weighted by atomic mass is 10.4. The van der Waals surface area contributed by atoms with Crippen molar-refractivity contribution in [2.45, 2.75) is 6.92 Å². The van der Waals surface area contributed by atoms with Crippen LogP contribution in [0.3, 0.4) is 0 Å². The van der Waals surface area contributed by atoms with Gasteiger partial charge in [0.25, 0.3) is 0 Å². The maximum Gasteiger partial charge on any atom is 0.238 e. The molecule has 0 aliphatic rings. The van der Waals surface area contributed by atoms with Crippen LogP contribution in [-0.2, 0) is 0 Å². The van der Waals surface area contributed by atoms with Crippen molar-refractivity contribution in [3.63, 3.8) is 0 Å². The van der Waals surface area contributed by atoms with Crippen molar-refractivity contribution >= 4 is 6.08 Å². The minimum Gasteiger partial charge on any atom is -0.462 e. The van der Waals surface area contributed by atoms with Crippen molar-refractivity contribution in [1.29, 1.82) is 0 Å². The molecule has 0 N–H and O–H groups in total. The largest absolute Gasteiger partial charge is 0.462 e. The smallest absolute Gasteiger partial charge is 0.238 e. The molecule has 1 aromatic rings. The molecule has 0 amide bonds. The second kappa shape index (κ2) is 3.01. The second-order valence-electron chi connectivity index (χ2n) is 2.05. The van der Waals surface area contributed by atoms with Crippen LogP contribution in [0, 0.1) is 17.0 Å². The molecule has 11 heavy (non-hydrogen) atoms. The van der Waals surface area contributed by atoms with Crippen molar-refractivity contribution in [2.75, 3.05) is 0 Å². The Labute approximate surface area is 63.3 Å². The van der Waals surface area contributed by atoms with Crippen molar-refractivity contribution < 1.29 is 9.34 Å². The van der Waals surface area contributed by atoms with Gasteiger partial charge in [0.2, 0.25) is 6.20 Å². The van der Waals surface area contributed by atoms with E-state index in [1.165, 1.54) is 6.08 Å². The fourth-order valence-corrected chi connectivity index (χ4v) is 0.677. The number of nitro groups is 1. The van der Waals surface area contributed by atoms with Gasteiger partial charge in [-0.1, -0.05) is 0 Å². The molecule has 0 spiro atoms. The third kappa shape index (κ3) is 2.25. The Kier molecular flexibility index (Phi) is 2.06. The molecule has 0 atom stereocenters. The standard InChI is InChI=1S/C7H7NO3/c1-6-2-3-7(11-6)4-5-8(9)10/h2-5H,1H3. The highest BCUT2D eigenvalue weighted by atomic mass is 16.6. The Hall–Kier alpha value is -1.58. The summed E-state index contributed by atoms with van der Waals surface area (Å²) >= 11 is 0. The topological polar surface area (TPSA) is 56.3 Å². The van der Waals surface area contributed by atoms with Gasteiger partial charge in [0.1, 0.15) is 11.5 Å². The molecular weight excluding hydrogens is 146 g/mol. The molecule has 0 unspecified atom stereocenters. The summed E-state index contributed by atoms with van der Waals surface area (Å²) in [7, 11) is 0. The molecule has 0 fully saturated rings. The van der Waals surface area contributed by atoms with Crippen LogP contribution in [0.1, 0.15) is 11.5 Å². The molecule has 0 saturated carbocycles. The summed E-state index contributed by atoms with van der Waals surface area (Å²) in [6, 6.07) is 3.43. The fraction of sp³-hybridized carbons (Fsp3) is 0.143. The first kappa shape index (κ1) is 7.53. The average Bonchev–Trinajstić information content (AvgIpc) is 2.31. The molecule has 0 radical (unpaired) electrons. The van der Waals surface area contributed by atoms with E-state index in [0.29, 0.717) is 5.76 Å². The van der Waals surface area contributed by atoms with Gasteiger partial charge in [-0.25, -0.2) is 0 Å². The molecule has 0 saturated heterocycles. The summed E-state index contributed by atoms with van der Waals surface area (Å²) < 4.78 is 5.04. The van der Waals surface area contributed by atoms with E-state index in [-0.39, 0.29) is 0 Å². The highest BCUT2D eigenvalue weighted by Crippen LogP contribution is 2.07. The summed E-state index contributed by atoms with van der Waals surface area (Å²) in [6.45, 7) is 1.78. The Morgan fingerprint density at radius 3 is 2.82 bits per heavy atom. The van der Waals surface area contributed by atoms with Crippen molar-refractivity contribution in [2.24, 2.45) is 0 Å². The molecule has 0 aromatic carbocycles. The zero-order valence-electron chi connectivity index (χ0n) is 5.98. The average molecular weight is 153 g/mol. The summed E-state index contributed by atoms with van der Waals surface area (Å²) in [4.78, 5) is 9.33. The monoisotopic (exact) mass is 153 g/mol. The Morgan fingerprint density at radius 1 is 1.64 bits per heavy atom. The van der Waals surface area contributed by atoms with E-state index in [9.17, 15) is 10.1 Å². The highest BCUT2D eigenvalue weighted by molar-refractivity contribution is 5.40. The SMILES string of the molecule is Cc1ccc(C=C[N+](=O)[O-])o1. The van der Waals surface area contributed by atoms with E-state index in [2.05, 4.69) is 0 Å². The number of nitrogens with zero attached hydrogens (tertiary/aromatic N) is 1. The first-order chi connectivity index (χ1) is 5.18. The van der Waals surface area contributed by atoms with Gasteiger partial charge in [-0.15, -0.1) is 0 Å². The lowest BCUT2D eigenvalue weighted by Crippen LogP contribution is -1.80. The van der Waals surface area contributed by atoms with E-state index >= 15 is 0 Å². The molecule has 1 heterocycles. The van der Waals surface area contributed by atoms with E-state index in [1.54, 1.807) is 19.1 Å². The highest BCUT2D eigenvalue weighted by Gasteiger charge is 1.94. The van der Waals surface area contributed by atoms with Gasteiger partial charge in [0.05, 0.1) is 11.0 Å². The Balaban J connectivity index is 2.71. The number of rotatable bonds is 2. The number of hydrogen-bond donors (Lipinski definition) is 0. The van der Waals surface area contributed by atoms with E-state index in [4.69, 9.17) is 4.42 Å². The molecule has 4 heteroatoms. The van der Waals surface area contributed by atoms with Crippen LogP contribution in [-0.4, -0.2) is 4.92 Å². The Morgan fingerprint density at radius 2 is 2.36 bits per heavy atom. The molecule has 0 aliphatic heterocycles. The van der Waals surface area contributed by atoms with Crippen molar-refractivity contribution in [3.05, 3.63) is 40.0 Å². The minimum atomic E-state index is -0.530. The summed E-state index contributed by atoms with van der Waals surface area (Å²) in [5.41, 5.74) is 0. The van der Waals surface area contributed by atoms with Crippen molar-refractivity contribution in [3.8, 4) is 0 Å². The van der Waals surface area contributed by atoms with Gasteiger partial charge in [0, 0.05) is 0 Å². The van der Waals surface area contributed by atoms with Gasteiger partial charge in [0.15, 0.2) is 0 Å². The van der Waals surface area contributed by atoms with E-state index < -0.39 is 4.92 Å². The van der Waals surface area contributed by atoms with Gasteiger partial charge >= 0.3 is 0 Å². The van der Waals surface area contributed by atoms with Crippen LogP contribution < -0.4 is 0 Å². The summed E-state index contributed by atoms with van der Waals surface area (Å²) in [5.74, 6) is 1.24. The van der Waals surface area contributed by atoms with Crippen molar-refractivity contribution in [1.82, 2.24) is 0 Å². The first-order valence-corrected chi connectivity index (χ1v) is 3.06. The van der Waals surface area contributed by atoms with Gasteiger partial charge in [-0.05, 0) is 19.1 Å². The van der Waals surface area contributed by atoms with Crippen LogP contribution in [0.25, 0.3) is 6.08 Å². The Bertz CT molecular complexity index is 288. The molecule has 0 bridgehead atoms. The van der Waals surface area contributed by atoms with Crippen LogP contribution in [0.5, 0.6) is 0 Å². The second-order valence-corrected chi connectivity index (χ2v) is 2.05. The van der Waals surface area contributed by atoms with E-state index in [1.807, 2.05) is 0 Å². The zero-order valence-corrected chi connectivity index (χ0v) is 5.98. The number of furan rings is 1. The van der Waals surface area contributed by atoms with Gasteiger partial charge in [-0.2, -0.15) is 0 Å². The fourth-order valence-electron chi connectivity index (χ4n) is 0.677. The molecule has 1 aromatic heterocycles. The van der Waals surface area contributed by atoms with Crippen LogP contribution in [0.4, 0.5) is 0 Å². The predicted octanol–water partition coefficient (Wildman–Crippen LogP) is 1.84. The van der Waals surface area contributed by atoms with Gasteiger partial charge in [-0.3, -0.25) is 10.1 Å². The summed E-state index contributed by atoms with van der Waals surface area (Å²) in [5, 5.41) is 9.86. The summed E-state index contributed by atoms with van der Waals surface area (Å²) in [6.07, 6.45) is 2.16. The normalized spacial score (nSPS) is 10.6. The minimum absolute atomic E-state index is 0.499. The maximum atomic E-state index is 9.86. The third-order valence-electron chi connectivity index (χ3n) is 1.12. The molecular formula is C7H7NO3. The predicted molar refractivity (Wildman–Crippen MR) is 39.5 cm³/mol. The first-order valence-electron chi connectivity index (χ1n) is 3.06.